The van der Waals surface area contributed by atoms with Crippen LogP contribution in [0.2, 0.25) is 5.02 Å². The van der Waals surface area contributed by atoms with Crippen molar-refractivity contribution in [2.75, 3.05) is 31.5 Å². The lowest BCUT2D eigenvalue weighted by Gasteiger charge is -2.08. The number of nitrogens with zero attached hydrogens (tertiary/aromatic N) is 4. The minimum absolute atomic E-state index is 0.124. The first-order valence-corrected chi connectivity index (χ1v) is 11.6. The van der Waals surface area contributed by atoms with Gasteiger partial charge in [-0.3, -0.25) is 4.79 Å². The van der Waals surface area contributed by atoms with Crippen molar-refractivity contribution in [2.45, 2.75) is 11.6 Å². The smallest absolute Gasteiger partial charge is 0.264 e. The number of nitrogens with one attached hydrogen (secondary N) is 1. The highest BCUT2D eigenvalue weighted by atomic mass is 35.5. The average molecular weight is 501 g/mol. The third kappa shape index (κ3) is 4.66. The number of amides is 1. The Labute approximate surface area is 204 Å². The molecule has 0 bridgehead atoms. The number of ether oxygens (including phenoxy) is 2. The van der Waals surface area contributed by atoms with Crippen molar-refractivity contribution in [3.8, 4) is 34.3 Å². The van der Waals surface area contributed by atoms with Gasteiger partial charge < -0.3 is 25.0 Å². The first-order chi connectivity index (χ1) is 16.4. The second-order valence-electron chi connectivity index (χ2n) is 6.95. The van der Waals surface area contributed by atoms with Crippen LogP contribution in [0.15, 0.2) is 52.0 Å². The molecule has 2 aromatic carbocycles. The van der Waals surface area contributed by atoms with Gasteiger partial charge in [-0.15, -0.1) is 11.8 Å². The van der Waals surface area contributed by atoms with E-state index in [-0.39, 0.29) is 24.2 Å². The van der Waals surface area contributed by atoms with E-state index in [1.165, 1.54) is 16.4 Å². The van der Waals surface area contributed by atoms with Gasteiger partial charge in [0.25, 0.3) is 5.89 Å². The fraction of sp³-hybridized carbons (Fsp3) is 0.182. The number of para-hydroxylation sites is 1. The van der Waals surface area contributed by atoms with Gasteiger partial charge in [-0.25, -0.2) is 4.68 Å². The minimum atomic E-state index is -0.335. The molecule has 0 fully saturated rings. The fourth-order valence-electron chi connectivity index (χ4n) is 3.22. The number of aromatic nitrogens is 4. The number of nitrogen functional groups attached to an aromatic ring is 1. The lowest BCUT2D eigenvalue weighted by atomic mass is 10.2. The molecule has 1 amide bonds. The van der Waals surface area contributed by atoms with Crippen LogP contribution in [-0.2, 0) is 11.3 Å². The second kappa shape index (κ2) is 10.1. The number of thioether (sulfide) groups is 1. The highest BCUT2D eigenvalue weighted by molar-refractivity contribution is 7.98. The molecule has 10 nitrogen and oxygen atoms in total. The molecule has 0 radical (unpaired) electrons. The van der Waals surface area contributed by atoms with E-state index in [0.717, 1.165) is 0 Å². The lowest BCUT2D eigenvalue weighted by molar-refractivity contribution is -0.116. The molecule has 0 saturated heterocycles. The molecule has 3 N–H and O–H groups in total. The van der Waals surface area contributed by atoms with Crippen molar-refractivity contribution >= 4 is 40.8 Å². The van der Waals surface area contributed by atoms with Crippen LogP contribution in [0, 0.1) is 0 Å². The molecule has 0 aliphatic rings. The number of benzene rings is 2. The quantitative estimate of drug-likeness (QED) is 0.341. The number of methoxy groups -OCH3 is 2. The number of nitrogens with two attached hydrogens (primary N) is 1. The molecule has 0 aliphatic carbocycles. The summed E-state index contributed by atoms with van der Waals surface area (Å²) in [5, 5.41) is 12.2. The van der Waals surface area contributed by atoms with Crippen molar-refractivity contribution < 1.29 is 18.8 Å². The van der Waals surface area contributed by atoms with Crippen LogP contribution in [0.1, 0.15) is 0 Å². The van der Waals surface area contributed by atoms with E-state index >= 15 is 0 Å². The number of carbonyl (C=O) groups excluding carboxylic acids is 1. The zero-order valence-corrected chi connectivity index (χ0v) is 20.1. The summed E-state index contributed by atoms with van der Waals surface area (Å²) in [6.07, 6.45) is 1.84. The van der Waals surface area contributed by atoms with Gasteiger partial charge in [-0.05, 0) is 36.6 Å². The molecule has 0 atom stereocenters. The SMILES string of the molecule is COc1ccc(-c2noc(-c3c(SC)nn(CC(=O)Nc4ccccc4Cl)c3N)n2)cc1OC. The van der Waals surface area contributed by atoms with Crippen LogP contribution in [0.5, 0.6) is 11.5 Å². The Bertz CT molecular complexity index is 1340. The van der Waals surface area contributed by atoms with E-state index in [9.17, 15) is 4.79 Å². The monoisotopic (exact) mass is 500 g/mol. The van der Waals surface area contributed by atoms with E-state index in [2.05, 4.69) is 20.6 Å². The van der Waals surface area contributed by atoms with Crippen LogP contribution in [-0.4, -0.2) is 46.3 Å². The van der Waals surface area contributed by atoms with Crippen molar-refractivity contribution in [3.63, 3.8) is 0 Å². The summed E-state index contributed by atoms with van der Waals surface area (Å²) in [4.78, 5) is 17.1. The highest BCUT2D eigenvalue weighted by Gasteiger charge is 2.24. The minimum Gasteiger partial charge on any atom is -0.493 e. The Morgan fingerprint density at radius 1 is 1.21 bits per heavy atom. The van der Waals surface area contributed by atoms with E-state index in [1.807, 2.05) is 6.26 Å². The van der Waals surface area contributed by atoms with Gasteiger partial charge in [-0.1, -0.05) is 28.9 Å². The van der Waals surface area contributed by atoms with Crippen LogP contribution < -0.4 is 20.5 Å². The molecule has 4 aromatic rings. The maximum Gasteiger partial charge on any atom is 0.264 e. The molecule has 0 aliphatic heterocycles. The molecule has 176 valence electrons. The van der Waals surface area contributed by atoms with Gasteiger partial charge in [0.2, 0.25) is 11.7 Å². The van der Waals surface area contributed by atoms with Crippen LogP contribution >= 0.6 is 23.4 Å². The zero-order chi connectivity index (χ0) is 24.2. The number of hydrogen-bond acceptors (Lipinski definition) is 9. The summed E-state index contributed by atoms with van der Waals surface area (Å²) in [5.41, 5.74) is 7.96. The van der Waals surface area contributed by atoms with Gasteiger partial charge in [0.1, 0.15) is 23.0 Å². The van der Waals surface area contributed by atoms with Gasteiger partial charge in [0, 0.05) is 5.56 Å². The van der Waals surface area contributed by atoms with E-state index in [1.54, 1.807) is 56.7 Å². The first kappa shape index (κ1) is 23.5. The van der Waals surface area contributed by atoms with Crippen molar-refractivity contribution in [3.05, 3.63) is 47.5 Å². The number of halogens is 1. The molecule has 0 spiro atoms. The van der Waals surface area contributed by atoms with Gasteiger partial charge in [0.15, 0.2) is 11.5 Å². The molecular formula is C22H21ClN6O4S. The van der Waals surface area contributed by atoms with Crippen LogP contribution in [0.25, 0.3) is 22.8 Å². The van der Waals surface area contributed by atoms with E-state index < -0.39 is 0 Å². The summed E-state index contributed by atoms with van der Waals surface area (Å²) >= 11 is 7.46. The first-order valence-electron chi connectivity index (χ1n) is 9.96. The number of anilines is 2. The Morgan fingerprint density at radius 3 is 2.68 bits per heavy atom. The topological polar surface area (TPSA) is 130 Å². The van der Waals surface area contributed by atoms with Crippen LogP contribution in [0.3, 0.4) is 0 Å². The molecule has 0 unspecified atom stereocenters. The Kier molecular flexibility index (Phi) is 6.94. The standard InChI is InChI=1S/C22H21ClN6O4S/c1-31-15-9-8-12(10-16(15)32-2)20-26-21(33-28-20)18-19(24)29(27-22(18)34-3)11-17(30)25-14-7-5-4-6-13(14)23/h4-10H,11,24H2,1-3H3,(H,25,30). The zero-order valence-electron chi connectivity index (χ0n) is 18.5. The second-order valence-corrected chi connectivity index (χ2v) is 8.15. The van der Waals surface area contributed by atoms with E-state index in [0.29, 0.717) is 44.2 Å². The number of hydrogen-bond donors (Lipinski definition) is 2. The summed E-state index contributed by atoms with van der Waals surface area (Å²) in [5.74, 6) is 1.53. The summed E-state index contributed by atoms with van der Waals surface area (Å²) in [6, 6.07) is 12.2. The Hall–Kier alpha value is -3.70. The van der Waals surface area contributed by atoms with Gasteiger partial charge in [0.05, 0.1) is 24.9 Å². The Morgan fingerprint density at radius 2 is 1.97 bits per heavy atom. The lowest BCUT2D eigenvalue weighted by Crippen LogP contribution is -2.20. The van der Waals surface area contributed by atoms with E-state index in [4.69, 9.17) is 31.3 Å². The average Bonchev–Trinajstić information content (AvgIpc) is 3.44. The molecule has 0 saturated carbocycles. The third-order valence-corrected chi connectivity index (χ3v) is 5.88. The molecule has 2 heterocycles. The molecule has 12 heteroatoms. The van der Waals surface area contributed by atoms with Crippen molar-refractivity contribution in [1.29, 1.82) is 0 Å². The highest BCUT2D eigenvalue weighted by Crippen LogP contribution is 2.36. The fourth-order valence-corrected chi connectivity index (χ4v) is 3.98. The van der Waals surface area contributed by atoms with Gasteiger partial charge >= 0.3 is 0 Å². The van der Waals surface area contributed by atoms with Crippen molar-refractivity contribution in [1.82, 2.24) is 19.9 Å². The predicted octanol–water partition coefficient (Wildman–Crippen LogP) is 4.21. The molecular weight excluding hydrogens is 480 g/mol. The Balaban J connectivity index is 1.60. The molecule has 4 rings (SSSR count). The number of rotatable bonds is 8. The third-order valence-electron chi connectivity index (χ3n) is 4.88. The van der Waals surface area contributed by atoms with Crippen molar-refractivity contribution in [2.24, 2.45) is 0 Å². The van der Waals surface area contributed by atoms with Gasteiger partial charge in [-0.2, -0.15) is 10.1 Å². The normalized spacial score (nSPS) is 10.8. The number of carbonyl (C=O) groups is 1. The molecule has 2 aromatic heterocycles. The summed E-state index contributed by atoms with van der Waals surface area (Å²) in [6.45, 7) is -0.124. The maximum atomic E-state index is 12.6. The molecule has 34 heavy (non-hydrogen) atoms. The maximum absolute atomic E-state index is 12.6. The largest absolute Gasteiger partial charge is 0.493 e. The predicted molar refractivity (Wildman–Crippen MR) is 130 cm³/mol. The van der Waals surface area contributed by atoms with Crippen LogP contribution in [0.4, 0.5) is 11.5 Å². The summed E-state index contributed by atoms with van der Waals surface area (Å²) in [7, 11) is 3.11. The summed E-state index contributed by atoms with van der Waals surface area (Å²) < 4.78 is 17.5.